The molecule has 0 spiro atoms. The summed E-state index contributed by atoms with van der Waals surface area (Å²) in [5, 5.41) is 6.95. The Morgan fingerprint density at radius 2 is 2.12 bits per heavy atom. The Hall–Kier alpha value is -1.04. The normalized spacial score (nSPS) is 13.9. The van der Waals surface area contributed by atoms with Gasteiger partial charge in [0.25, 0.3) is 0 Å². The minimum Gasteiger partial charge on any atom is -0.315 e. The summed E-state index contributed by atoms with van der Waals surface area (Å²) in [7, 11) is 0. The summed E-state index contributed by atoms with van der Waals surface area (Å²) in [5.74, 6) is 0. The topological polar surface area (TPSA) is 29.9 Å². The Morgan fingerprint density at radius 3 is 2.59 bits per heavy atom. The van der Waals surface area contributed by atoms with Gasteiger partial charge in [-0.3, -0.25) is 4.68 Å². The van der Waals surface area contributed by atoms with Gasteiger partial charge in [-0.05, 0) is 13.0 Å². The highest BCUT2D eigenvalue weighted by atomic mass is 19.4. The standard InChI is InChI=1S/C11H18F3N3/c1-3-5-10(7-15-4-2)17-8-9(6-16-17)11(12,13)14/h6,8,10,15H,3-5,7H2,1-2H3. The van der Waals surface area contributed by atoms with Gasteiger partial charge in [0.05, 0.1) is 17.8 Å². The lowest BCUT2D eigenvalue weighted by Gasteiger charge is -2.17. The molecule has 1 unspecified atom stereocenters. The quantitative estimate of drug-likeness (QED) is 0.840. The van der Waals surface area contributed by atoms with Crippen molar-refractivity contribution in [3.05, 3.63) is 18.0 Å². The zero-order valence-electron chi connectivity index (χ0n) is 10.1. The van der Waals surface area contributed by atoms with Crippen molar-refractivity contribution in [2.75, 3.05) is 13.1 Å². The van der Waals surface area contributed by atoms with Crippen LogP contribution < -0.4 is 5.32 Å². The van der Waals surface area contributed by atoms with Gasteiger partial charge in [0.2, 0.25) is 0 Å². The smallest absolute Gasteiger partial charge is 0.315 e. The predicted molar refractivity (Wildman–Crippen MR) is 59.7 cm³/mol. The number of halogens is 3. The SMILES string of the molecule is CCCC(CNCC)n1cc(C(F)(F)F)cn1. The van der Waals surface area contributed by atoms with Crippen LogP contribution in [-0.4, -0.2) is 22.9 Å². The Balaban J connectivity index is 2.76. The van der Waals surface area contributed by atoms with Gasteiger partial charge in [-0.2, -0.15) is 18.3 Å². The van der Waals surface area contributed by atoms with Crippen LogP contribution in [0.5, 0.6) is 0 Å². The van der Waals surface area contributed by atoms with Crippen LogP contribution in [0.1, 0.15) is 38.3 Å². The molecule has 0 fully saturated rings. The lowest BCUT2D eigenvalue weighted by atomic mass is 10.1. The number of hydrogen-bond donors (Lipinski definition) is 1. The van der Waals surface area contributed by atoms with Crippen LogP contribution >= 0.6 is 0 Å². The lowest BCUT2D eigenvalue weighted by Crippen LogP contribution is -2.25. The maximum Gasteiger partial charge on any atom is 0.419 e. The van der Waals surface area contributed by atoms with Crippen LogP contribution in [0.25, 0.3) is 0 Å². The summed E-state index contributed by atoms with van der Waals surface area (Å²) in [5.41, 5.74) is -0.685. The molecule has 0 aromatic carbocycles. The average molecular weight is 249 g/mol. The summed E-state index contributed by atoms with van der Waals surface area (Å²) < 4.78 is 38.7. The Labute approximate surface area is 99.0 Å². The van der Waals surface area contributed by atoms with Crippen molar-refractivity contribution >= 4 is 0 Å². The summed E-state index contributed by atoms with van der Waals surface area (Å²) in [6, 6.07) is -0.0175. The van der Waals surface area contributed by atoms with E-state index in [1.165, 1.54) is 4.68 Å². The lowest BCUT2D eigenvalue weighted by molar-refractivity contribution is -0.137. The first kappa shape index (κ1) is 14.0. The van der Waals surface area contributed by atoms with Crippen LogP contribution in [0, 0.1) is 0 Å². The summed E-state index contributed by atoms with van der Waals surface area (Å²) in [6.07, 6.45) is -0.622. The minimum atomic E-state index is -4.31. The molecule has 1 aromatic heterocycles. The van der Waals surface area contributed by atoms with Crippen molar-refractivity contribution < 1.29 is 13.2 Å². The molecule has 1 heterocycles. The van der Waals surface area contributed by atoms with Crippen LogP contribution in [0.2, 0.25) is 0 Å². The minimum absolute atomic E-state index is 0.0175. The van der Waals surface area contributed by atoms with Gasteiger partial charge in [0, 0.05) is 12.7 Å². The van der Waals surface area contributed by atoms with Crippen LogP contribution in [0.15, 0.2) is 12.4 Å². The molecule has 0 aliphatic rings. The van der Waals surface area contributed by atoms with Crippen LogP contribution in [0.4, 0.5) is 13.2 Å². The monoisotopic (exact) mass is 249 g/mol. The third-order valence-corrected chi connectivity index (χ3v) is 2.55. The fourth-order valence-corrected chi connectivity index (χ4v) is 1.66. The Bertz CT molecular complexity index is 333. The predicted octanol–water partition coefficient (Wildman–Crippen LogP) is 2.85. The van der Waals surface area contributed by atoms with Gasteiger partial charge in [-0.25, -0.2) is 0 Å². The fraction of sp³-hybridized carbons (Fsp3) is 0.727. The molecule has 0 saturated carbocycles. The zero-order valence-corrected chi connectivity index (χ0v) is 10.1. The highest BCUT2D eigenvalue weighted by Gasteiger charge is 2.32. The molecular weight excluding hydrogens is 231 g/mol. The number of nitrogens with zero attached hydrogens (tertiary/aromatic N) is 2. The Kier molecular flexibility index (Phi) is 4.99. The molecule has 0 amide bonds. The van der Waals surface area contributed by atoms with Gasteiger partial charge in [-0.15, -0.1) is 0 Å². The molecule has 1 rings (SSSR count). The van der Waals surface area contributed by atoms with E-state index in [4.69, 9.17) is 0 Å². The van der Waals surface area contributed by atoms with Crippen molar-refractivity contribution in [2.24, 2.45) is 0 Å². The van der Waals surface area contributed by atoms with Gasteiger partial charge in [0.1, 0.15) is 0 Å². The van der Waals surface area contributed by atoms with Gasteiger partial charge < -0.3 is 5.32 Å². The first-order valence-electron chi connectivity index (χ1n) is 5.81. The molecule has 1 atom stereocenters. The molecule has 6 heteroatoms. The largest absolute Gasteiger partial charge is 0.419 e. The van der Waals surface area contributed by atoms with Gasteiger partial charge >= 0.3 is 6.18 Å². The molecule has 0 saturated heterocycles. The molecule has 3 nitrogen and oxygen atoms in total. The highest BCUT2D eigenvalue weighted by molar-refractivity contribution is 5.08. The average Bonchev–Trinajstić information content (AvgIpc) is 2.72. The molecule has 1 N–H and O–H groups in total. The molecule has 0 radical (unpaired) electrons. The van der Waals surface area contributed by atoms with Crippen molar-refractivity contribution in [1.82, 2.24) is 15.1 Å². The second-order valence-corrected chi connectivity index (χ2v) is 3.96. The van der Waals surface area contributed by atoms with Gasteiger partial charge in [-0.1, -0.05) is 20.3 Å². The van der Waals surface area contributed by atoms with Crippen molar-refractivity contribution in [3.8, 4) is 0 Å². The third kappa shape index (κ3) is 4.03. The van der Waals surface area contributed by atoms with E-state index in [1.807, 2.05) is 13.8 Å². The fourth-order valence-electron chi connectivity index (χ4n) is 1.66. The summed E-state index contributed by atoms with van der Waals surface area (Å²) in [6.45, 7) is 5.41. The van der Waals surface area contributed by atoms with Crippen LogP contribution in [0.3, 0.4) is 0 Å². The molecule has 1 aromatic rings. The molecule has 0 aliphatic carbocycles. The van der Waals surface area contributed by atoms with E-state index in [2.05, 4.69) is 10.4 Å². The zero-order chi connectivity index (χ0) is 12.9. The molecule has 98 valence electrons. The second-order valence-electron chi connectivity index (χ2n) is 3.96. The maximum absolute atomic E-state index is 12.4. The van der Waals surface area contributed by atoms with Crippen molar-refractivity contribution in [2.45, 2.75) is 38.9 Å². The first-order chi connectivity index (χ1) is 7.99. The van der Waals surface area contributed by atoms with Gasteiger partial charge in [0.15, 0.2) is 0 Å². The van der Waals surface area contributed by atoms with E-state index in [-0.39, 0.29) is 6.04 Å². The number of alkyl halides is 3. The number of aromatic nitrogens is 2. The number of hydrogen-bond acceptors (Lipinski definition) is 2. The molecule has 0 bridgehead atoms. The van der Waals surface area contributed by atoms with E-state index >= 15 is 0 Å². The summed E-state index contributed by atoms with van der Waals surface area (Å²) in [4.78, 5) is 0. The van der Waals surface area contributed by atoms with E-state index < -0.39 is 11.7 Å². The summed E-state index contributed by atoms with van der Waals surface area (Å²) >= 11 is 0. The van der Waals surface area contributed by atoms with Crippen molar-refractivity contribution in [1.29, 1.82) is 0 Å². The number of likely N-dealkylation sites (N-methyl/N-ethyl adjacent to an activating group) is 1. The van der Waals surface area contributed by atoms with E-state index in [0.29, 0.717) is 6.54 Å². The highest BCUT2D eigenvalue weighted by Crippen LogP contribution is 2.29. The first-order valence-corrected chi connectivity index (χ1v) is 5.81. The maximum atomic E-state index is 12.4. The second kappa shape index (κ2) is 6.05. The molecule has 0 aliphatic heterocycles. The third-order valence-electron chi connectivity index (χ3n) is 2.55. The Morgan fingerprint density at radius 1 is 1.41 bits per heavy atom. The van der Waals surface area contributed by atoms with E-state index in [1.54, 1.807) is 0 Å². The van der Waals surface area contributed by atoms with Crippen LogP contribution in [-0.2, 0) is 6.18 Å². The van der Waals surface area contributed by atoms with E-state index in [9.17, 15) is 13.2 Å². The molecule has 17 heavy (non-hydrogen) atoms. The van der Waals surface area contributed by atoms with Crippen molar-refractivity contribution in [3.63, 3.8) is 0 Å². The molecular formula is C11H18F3N3. The number of rotatable bonds is 6. The van der Waals surface area contributed by atoms with E-state index in [0.717, 1.165) is 31.8 Å². The number of nitrogens with one attached hydrogen (secondary N) is 1.